The maximum Gasteiger partial charge on any atom is 0.310 e. The number of methoxy groups -OCH3 is 1. The van der Waals surface area contributed by atoms with Crippen LogP contribution in [0.2, 0.25) is 5.02 Å². The molecule has 1 fully saturated rings. The van der Waals surface area contributed by atoms with Crippen molar-refractivity contribution in [2.45, 2.75) is 19.3 Å². The maximum absolute atomic E-state index is 12.4. The standard InChI is InChI=1S/C15H14ClNO3/c1-20-12(18)7-10-9-3-2-4-11(16)13(9)17-14(10)15(19)8-5-6-8/h2-4,8,17H,5-7H2,1H3. The Morgan fingerprint density at radius 3 is 2.80 bits per heavy atom. The third-order valence-electron chi connectivity index (χ3n) is 3.63. The van der Waals surface area contributed by atoms with E-state index in [1.165, 1.54) is 7.11 Å². The van der Waals surface area contributed by atoms with Crippen molar-refractivity contribution in [1.82, 2.24) is 4.98 Å². The molecule has 5 heteroatoms. The second kappa shape index (κ2) is 4.94. The largest absolute Gasteiger partial charge is 0.469 e. The van der Waals surface area contributed by atoms with Gasteiger partial charge in [-0.1, -0.05) is 23.7 Å². The van der Waals surface area contributed by atoms with Crippen LogP contribution in [0.15, 0.2) is 18.2 Å². The molecule has 1 aromatic carbocycles. The van der Waals surface area contributed by atoms with Crippen molar-refractivity contribution in [1.29, 1.82) is 0 Å². The lowest BCUT2D eigenvalue weighted by atomic mass is 10.0. The van der Waals surface area contributed by atoms with Crippen LogP contribution in [0.4, 0.5) is 0 Å². The van der Waals surface area contributed by atoms with Gasteiger partial charge in [-0.05, 0) is 24.5 Å². The van der Waals surface area contributed by atoms with Crippen LogP contribution in [0.3, 0.4) is 0 Å². The number of H-pyrrole nitrogens is 1. The molecule has 3 rings (SSSR count). The second-order valence-corrected chi connectivity index (χ2v) is 5.44. The van der Waals surface area contributed by atoms with Crippen LogP contribution in [0.5, 0.6) is 0 Å². The Hall–Kier alpha value is -1.81. The zero-order valence-corrected chi connectivity index (χ0v) is 11.8. The molecule has 0 unspecified atom stereocenters. The van der Waals surface area contributed by atoms with Crippen molar-refractivity contribution in [3.05, 3.63) is 34.5 Å². The number of aromatic nitrogens is 1. The fourth-order valence-corrected chi connectivity index (χ4v) is 2.62. The molecule has 0 saturated heterocycles. The number of hydrogen-bond donors (Lipinski definition) is 1. The zero-order chi connectivity index (χ0) is 14.3. The summed E-state index contributed by atoms with van der Waals surface area (Å²) < 4.78 is 4.72. The average Bonchev–Trinajstić information content (AvgIpc) is 3.22. The Labute approximate surface area is 121 Å². The summed E-state index contributed by atoms with van der Waals surface area (Å²) >= 11 is 6.15. The van der Waals surface area contributed by atoms with Gasteiger partial charge in [-0.25, -0.2) is 0 Å². The second-order valence-electron chi connectivity index (χ2n) is 5.03. The minimum atomic E-state index is -0.365. The number of rotatable bonds is 4. The lowest BCUT2D eigenvalue weighted by Crippen LogP contribution is -2.10. The van der Waals surface area contributed by atoms with E-state index in [-0.39, 0.29) is 24.1 Å². The highest BCUT2D eigenvalue weighted by Crippen LogP contribution is 2.36. The maximum atomic E-state index is 12.4. The number of Topliss-reactive ketones (excluding diaryl/α,β-unsaturated/α-hetero) is 1. The topological polar surface area (TPSA) is 59.2 Å². The number of hydrogen-bond acceptors (Lipinski definition) is 3. The number of halogens is 1. The van der Waals surface area contributed by atoms with Gasteiger partial charge in [0.2, 0.25) is 0 Å². The van der Waals surface area contributed by atoms with Crippen LogP contribution >= 0.6 is 11.6 Å². The molecule has 1 N–H and O–H groups in total. The van der Waals surface area contributed by atoms with Gasteiger partial charge < -0.3 is 9.72 Å². The first-order chi connectivity index (χ1) is 9.61. The van der Waals surface area contributed by atoms with Gasteiger partial charge in [0.1, 0.15) is 0 Å². The molecule has 0 aliphatic heterocycles. The number of nitrogens with one attached hydrogen (secondary N) is 1. The Bertz CT molecular complexity index is 700. The molecule has 0 bridgehead atoms. The molecule has 1 saturated carbocycles. The predicted molar refractivity (Wildman–Crippen MR) is 76.1 cm³/mol. The van der Waals surface area contributed by atoms with Gasteiger partial charge in [-0.15, -0.1) is 0 Å². The lowest BCUT2D eigenvalue weighted by Gasteiger charge is -2.02. The van der Waals surface area contributed by atoms with E-state index in [2.05, 4.69) is 4.98 Å². The Balaban J connectivity index is 2.15. The highest BCUT2D eigenvalue weighted by atomic mass is 35.5. The van der Waals surface area contributed by atoms with Crippen LogP contribution in [-0.4, -0.2) is 23.8 Å². The highest BCUT2D eigenvalue weighted by molar-refractivity contribution is 6.35. The first-order valence-electron chi connectivity index (χ1n) is 6.52. The van der Waals surface area contributed by atoms with E-state index < -0.39 is 0 Å². The Morgan fingerprint density at radius 1 is 1.40 bits per heavy atom. The average molecular weight is 292 g/mol. The summed E-state index contributed by atoms with van der Waals surface area (Å²) in [6, 6.07) is 5.43. The molecule has 0 atom stereocenters. The minimum absolute atomic E-state index is 0.0659. The van der Waals surface area contributed by atoms with Crippen molar-refractivity contribution < 1.29 is 14.3 Å². The van der Waals surface area contributed by atoms with Gasteiger partial charge in [0, 0.05) is 11.3 Å². The van der Waals surface area contributed by atoms with Gasteiger partial charge in [-0.2, -0.15) is 0 Å². The van der Waals surface area contributed by atoms with Crippen LogP contribution < -0.4 is 0 Å². The van der Waals surface area contributed by atoms with Crippen molar-refractivity contribution in [2.75, 3.05) is 7.11 Å². The molecule has 0 radical (unpaired) electrons. The summed E-state index contributed by atoms with van der Waals surface area (Å²) in [6.45, 7) is 0. The number of ketones is 1. The van der Waals surface area contributed by atoms with Gasteiger partial charge in [-0.3, -0.25) is 9.59 Å². The van der Waals surface area contributed by atoms with E-state index in [0.717, 1.165) is 18.2 Å². The molecule has 20 heavy (non-hydrogen) atoms. The van der Waals surface area contributed by atoms with E-state index in [1.54, 1.807) is 6.07 Å². The molecular weight excluding hydrogens is 278 g/mol. The number of para-hydroxylation sites is 1. The summed E-state index contributed by atoms with van der Waals surface area (Å²) in [6.07, 6.45) is 1.91. The number of benzene rings is 1. The highest BCUT2D eigenvalue weighted by Gasteiger charge is 2.33. The third kappa shape index (κ3) is 2.20. The quantitative estimate of drug-likeness (QED) is 0.695. The molecule has 4 nitrogen and oxygen atoms in total. The smallest absolute Gasteiger partial charge is 0.310 e. The van der Waals surface area contributed by atoms with Gasteiger partial charge in [0.05, 0.1) is 29.8 Å². The molecular formula is C15H14ClNO3. The number of aromatic amines is 1. The monoisotopic (exact) mass is 291 g/mol. The van der Waals surface area contributed by atoms with Crippen LogP contribution in [0, 0.1) is 5.92 Å². The molecule has 0 spiro atoms. The SMILES string of the molecule is COC(=O)Cc1c(C(=O)C2CC2)[nH]c2c(Cl)cccc12. The Kier molecular flexibility index (Phi) is 3.26. The molecule has 1 heterocycles. The number of fused-ring (bicyclic) bond motifs is 1. The summed E-state index contributed by atoms with van der Waals surface area (Å²) in [5.41, 5.74) is 1.89. The van der Waals surface area contributed by atoms with E-state index in [0.29, 0.717) is 21.8 Å². The zero-order valence-electron chi connectivity index (χ0n) is 11.0. The molecule has 1 aromatic heterocycles. The van der Waals surface area contributed by atoms with Gasteiger partial charge in [0.15, 0.2) is 5.78 Å². The van der Waals surface area contributed by atoms with Crippen LogP contribution in [0.1, 0.15) is 28.9 Å². The van der Waals surface area contributed by atoms with E-state index in [4.69, 9.17) is 16.3 Å². The van der Waals surface area contributed by atoms with Gasteiger partial charge >= 0.3 is 5.97 Å². The van der Waals surface area contributed by atoms with Crippen molar-refractivity contribution in [3.8, 4) is 0 Å². The van der Waals surface area contributed by atoms with E-state index in [9.17, 15) is 9.59 Å². The number of ether oxygens (including phenoxy) is 1. The number of esters is 1. The molecule has 1 aliphatic rings. The molecule has 1 aliphatic carbocycles. The van der Waals surface area contributed by atoms with Crippen LogP contribution in [-0.2, 0) is 16.0 Å². The van der Waals surface area contributed by atoms with E-state index >= 15 is 0 Å². The Morgan fingerprint density at radius 2 is 2.15 bits per heavy atom. The summed E-state index contributed by atoms with van der Waals surface area (Å²) in [4.78, 5) is 27.0. The summed E-state index contributed by atoms with van der Waals surface area (Å²) in [7, 11) is 1.34. The minimum Gasteiger partial charge on any atom is -0.469 e. The van der Waals surface area contributed by atoms with Crippen molar-refractivity contribution in [3.63, 3.8) is 0 Å². The van der Waals surface area contributed by atoms with Crippen molar-refractivity contribution in [2.24, 2.45) is 5.92 Å². The molecule has 2 aromatic rings. The first-order valence-corrected chi connectivity index (χ1v) is 6.89. The first kappa shape index (κ1) is 13.2. The number of carbonyl (C=O) groups is 2. The van der Waals surface area contributed by atoms with Crippen molar-refractivity contribution >= 4 is 34.3 Å². The fraction of sp³-hybridized carbons (Fsp3) is 0.333. The number of carbonyl (C=O) groups excluding carboxylic acids is 2. The third-order valence-corrected chi connectivity index (χ3v) is 3.95. The normalized spacial score (nSPS) is 14.5. The summed E-state index contributed by atoms with van der Waals surface area (Å²) in [5.74, 6) is -0.217. The molecule has 104 valence electrons. The fourth-order valence-electron chi connectivity index (χ4n) is 2.40. The lowest BCUT2D eigenvalue weighted by molar-refractivity contribution is -0.139. The van der Waals surface area contributed by atoms with Crippen LogP contribution in [0.25, 0.3) is 10.9 Å². The van der Waals surface area contributed by atoms with Gasteiger partial charge in [0.25, 0.3) is 0 Å². The van der Waals surface area contributed by atoms with E-state index in [1.807, 2.05) is 12.1 Å². The summed E-state index contributed by atoms with van der Waals surface area (Å²) in [5, 5.41) is 1.36. The molecule has 0 amide bonds. The predicted octanol–water partition coefficient (Wildman–Crippen LogP) is 3.13.